The molecular weight excluding hydrogens is 586 g/mol. The van der Waals surface area contributed by atoms with E-state index in [-0.39, 0.29) is 33.6 Å². The molecular formula is C39H51BOZr+2. The van der Waals surface area contributed by atoms with Gasteiger partial charge in [0.1, 0.15) is 6.15 Å². The summed E-state index contributed by atoms with van der Waals surface area (Å²) in [6, 6.07) is 43.5. The van der Waals surface area contributed by atoms with E-state index in [2.05, 4.69) is 121 Å². The fourth-order valence-corrected chi connectivity index (χ4v) is 6.40. The van der Waals surface area contributed by atoms with Gasteiger partial charge in [0.25, 0.3) is 0 Å². The summed E-state index contributed by atoms with van der Waals surface area (Å²) in [5, 5.41) is 0. The Morgan fingerprint density at radius 2 is 0.548 bits per heavy atom. The van der Waals surface area contributed by atoms with Crippen LogP contribution in [0.2, 0.25) is 0 Å². The first-order valence-corrected chi connectivity index (χ1v) is 15.9. The molecule has 0 amide bonds. The first-order chi connectivity index (χ1) is 19.9. The van der Waals surface area contributed by atoms with E-state index >= 15 is 0 Å². The third-order valence-corrected chi connectivity index (χ3v) is 8.53. The van der Waals surface area contributed by atoms with Crippen molar-refractivity contribution >= 4 is 28.0 Å². The number of ether oxygens (including phenoxy) is 1. The Morgan fingerprint density at radius 3 is 0.714 bits per heavy atom. The fraction of sp³-hybridized carbons (Fsp3) is 0.359. The van der Waals surface area contributed by atoms with Gasteiger partial charge in [0.2, 0.25) is 0 Å². The number of hydrogen-bond donors (Lipinski definition) is 0. The molecule has 0 spiro atoms. The van der Waals surface area contributed by atoms with Crippen molar-refractivity contribution in [3.8, 4) is 0 Å². The van der Waals surface area contributed by atoms with Crippen LogP contribution in [0.1, 0.15) is 77.0 Å². The maximum Gasteiger partial charge on any atom is 4.00 e. The molecule has 3 heteroatoms. The van der Waals surface area contributed by atoms with E-state index in [1.165, 1.54) is 98.9 Å². The van der Waals surface area contributed by atoms with Gasteiger partial charge in [-0.1, -0.05) is 186 Å². The van der Waals surface area contributed by atoms with Crippen molar-refractivity contribution in [2.24, 2.45) is 0 Å². The van der Waals surface area contributed by atoms with E-state index in [4.69, 9.17) is 4.74 Å². The smallest absolute Gasteiger partial charge is 0.381 e. The minimum atomic E-state index is -1.22. The van der Waals surface area contributed by atoms with Gasteiger partial charge in [-0.3, -0.25) is 0 Å². The van der Waals surface area contributed by atoms with Crippen molar-refractivity contribution in [1.29, 1.82) is 0 Å². The zero-order valence-corrected chi connectivity index (χ0v) is 28.4. The van der Waals surface area contributed by atoms with E-state index in [1.54, 1.807) is 0 Å². The first-order valence-electron chi connectivity index (χ1n) is 15.9. The van der Waals surface area contributed by atoms with Crippen LogP contribution in [0.15, 0.2) is 121 Å². The van der Waals surface area contributed by atoms with Crippen LogP contribution < -0.4 is 21.9 Å². The molecule has 0 atom stereocenters. The first kappa shape index (κ1) is 36.0. The topological polar surface area (TPSA) is 9.23 Å². The summed E-state index contributed by atoms with van der Waals surface area (Å²) in [5.74, 6) is 0. The summed E-state index contributed by atoms with van der Waals surface area (Å²) in [6.07, 6.45) is 16.3. The van der Waals surface area contributed by atoms with Crippen LogP contribution in [-0.2, 0) is 30.9 Å². The van der Waals surface area contributed by atoms with Gasteiger partial charge in [-0.25, -0.2) is 0 Å². The molecule has 42 heavy (non-hydrogen) atoms. The van der Waals surface area contributed by atoms with Gasteiger partial charge in [0.05, 0.1) is 0 Å². The Morgan fingerprint density at radius 1 is 0.333 bits per heavy atom. The van der Waals surface area contributed by atoms with Crippen LogP contribution >= 0.6 is 0 Å². The predicted molar refractivity (Wildman–Crippen MR) is 183 cm³/mol. The van der Waals surface area contributed by atoms with Crippen molar-refractivity contribution in [3.05, 3.63) is 129 Å². The van der Waals surface area contributed by atoms with Gasteiger partial charge in [-0.05, 0) is 12.8 Å². The predicted octanol–water partition coefficient (Wildman–Crippen LogP) is 8.21. The Hall–Kier alpha value is -2.21. The van der Waals surface area contributed by atoms with Gasteiger partial charge in [0, 0.05) is 13.2 Å². The van der Waals surface area contributed by atoms with E-state index < -0.39 is 6.15 Å². The van der Waals surface area contributed by atoms with Crippen LogP contribution in [0.4, 0.5) is 0 Å². The minimum Gasteiger partial charge on any atom is -0.381 e. The van der Waals surface area contributed by atoms with Gasteiger partial charge < -0.3 is 12.2 Å². The summed E-state index contributed by atoms with van der Waals surface area (Å²) in [6.45, 7) is 2.00. The molecule has 7 rings (SSSR count). The minimum absolute atomic E-state index is 0. The molecule has 1 nitrogen and oxygen atoms in total. The summed E-state index contributed by atoms with van der Waals surface area (Å²) in [4.78, 5) is 0. The molecule has 0 radical (unpaired) electrons. The number of benzene rings is 4. The monoisotopic (exact) mass is 636 g/mol. The molecule has 0 bridgehead atoms. The van der Waals surface area contributed by atoms with Crippen molar-refractivity contribution in [3.63, 3.8) is 0 Å². The number of rotatable bonds is 4. The molecule has 2 saturated carbocycles. The average Bonchev–Trinajstić information content (AvgIpc) is 3.88. The molecule has 1 aliphatic heterocycles. The van der Waals surface area contributed by atoms with Crippen LogP contribution in [0.3, 0.4) is 0 Å². The summed E-state index contributed by atoms with van der Waals surface area (Å²) in [5.41, 5.74) is 5.36. The van der Waals surface area contributed by atoms with Gasteiger partial charge in [-0.15, -0.1) is 0 Å². The maximum absolute atomic E-state index is 4.94. The van der Waals surface area contributed by atoms with Crippen molar-refractivity contribution in [2.45, 2.75) is 77.0 Å². The van der Waals surface area contributed by atoms with E-state index in [9.17, 15) is 0 Å². The van der Waals surface area contributed by atoms with Gasteiger partial charge in [-0.2, -0.15) is 21.9 Å². The Labute approximate surface area is 276 Å². The Bertz CT molecular complexity index is 946. The quantitative estimate of drug-likeness (QED) is 0.162. The Balaban J connectivity index is 0.000000294. The molecule has 3 fully saturated rings. The molecule has 0 aromatic heterocycles. The zero-order valence-electron chi connectivity index (χ0n) is 25.9. The van der Waals surface area contributed by atoms with E-state index in [0.29, 0.717) is 0 Å². The van der Waals surface area contributed by atoms with Crippen molar-refractivity contribution in [1.82, 2.24) is 0 Å². The average molecular weight is 638 g/mol. The SMILES string of the molecule is C1CCCC1.C1CCCC1.C1CCOC1.[CH3-].[Zr+4].c1ccc([B-](c2ccccc2)(c2ccccc2)c2ccccc2)cc1. The third-order valence-electron chi connectivity index (χ3n) is 8.53. The van der Waals surface area contributed by atoms with Crippen LogP contribution in [-0.4, -0.2) is 19.4 Å². The normalized spacial score (nSPS) is 15.2. The largest absolute Gasteiger partial charge is 4.00 e. The molecule has 0 unspecified atom stereocenters. The molecule has 218 valence electrons. The molecule has 2 aliphatic carbocycles. The fourth-order valence-electron chi connectivity index (χ4n) is 6.40. The molecule has 3 aliphatic rings. The second-order valence-corrected chi connectivity index (χ2v) is 11.4. The van der Waals surface area contributed by atoms with Gasteiger partial charge in [0.15, 0.2) is 0 Å². The van der Waals surface area contributed by atoms with E-state index in [0.717, 1.165) is 13.2 Å². The number of hydrogen-bond acceptors (Lipinski definition) is 1. The van der Waals surface area contributed by atoms with Crippen molar-refractivity contribution < 1.29 is 30.9 Å². The second kappa shape index (κ2) is 21.5. The molecule has 1 saturated heterocycles. The van der Waals surface area contributed by atoms with E-state index in [1.807, 2.05) is 0 Å². The van der Waals surface area contributed by atoms with Crippen LogP contribution in [0.25, 0.3) is 0 Å². The molecule has 4 aromatic carbocycles. The Kier molecular flexibility index (Phi) is 18.4. The molecule has 1 heterocycles. The maximum atomic E-state index is 4.94. The van der Waals surface area contributed by atoms with Crippen molar-refractivity contribution in [2.75, 3.05) is 13.2 Å². The van der Waals surface area contributed by atoms with Gasteiger partial charge >= 0.3 is 26.2 Å². The second-order valence-electron chi connectivity index (χ2n) is 11.4. The summed E-state index contributed by atoms with van der Waals surface area (Å²) >= 11 is 0. The summed E-state index contributed by atoms with van der Waals surface area (Å²) in [7, 11) is 0. The molecule has 0 N–H and O–H groups in total. The van der Waals surface area contributed by atoms with Crippen LogP contribution in [0, 0.1) is 7.43 Å². The zero-order chi connectivity index (χ0) is 27.6. The third kappa shape index (κ3) is 10.8. The van der Waals surface area contributed by atoms with Crippen LogP contribution in [0.5, 0.6) is 0 Å². The molecule has 4 aromatic rings. The standard InChI is InChI=1S/C24H20B.2C5H10.C4H8O.CH3.Zr/c1-5-13-21(14-6-1)25(22-15-7-2-8-16-22,23-17-9-3-10-18-23)24-19-11-4-12-20-24;3*1-2-4-5-3-1;;/h1-20H;2*1-5H2;1-4H2;1H3;/q-1;;;;-1;+4. The summed E-state index contributed by atoms with van der Waals surface area (Å²) < 4.78 is 4.94.